The zero-order chi connectivity index (χ0) is 19.5. The number of aryl methyl sites for hydroxylation is 1. The molecule has 27 heavy (non-hydrogen) atoms. The first-order valence-corrected chi connectivity index (χ1v) is 10.8. The topological polar surface area (TPSA) is 98.8 Å². The first-order chi connectivity index (χ1) is 12.9. The molecule has 9 heteroatoms. The van der Waals surface area contributed by atoms with Crippen LogP contribution >= 0.6 is 0 Å². The van der Waals surface area contributed by atoms with Crippen molar-refractivity contribution in [2.75, 3.05) is 40.5 Å². The van der Waals surface area contributed by atoms with Gasteiger partial charge in [0.05, 0.1) is 25.4 Å². The number of sulfone groups is 1. The Kier molecular flexibility index (Phi) is 6.37. The molecule has 2 atom stereocenters. The third-order valence-corrected chi connectivity index (χ3v) is 7.22. The van der Waals surface area contributed by atoms with Crippen LogP contribution in [0.1, 0.15) is 24.8 Å². The third-order valence-electron chi connectivity index (χ3n) is 5.27. The number of ether oxygens (including phenoxy) is 3. The summed E-state index contributed by atoms with van der Waals surface area (Å²) in [6.45, 7) is 4.53. The van der Waals surface area contributed by atoms with Crippen LogP contribution in [0.5, 0.6) is 5.88 Å². The first-order valence-electron chi connectivity index (χ1n) is 9.27. The van der Waals surface area contributed by atoms with E-state index >= 15 is 0 Å². The minimum Gasteiger partial charge on any atom is -0.480 e. The van der Waals surface area contributed by atoms with Gasteiger partial charge in [-0.25, -0.2) is 13.4 Å². The van der Waals surface area contributed by atoms with Crippen LogP contribution < -0.4 is 15.4 Å². The Morgan fingerprint density at radius 3 is 2.78 bits per heavy atom. The molecule has 1 aromatic rings. The summed E-state index contributed by atoms with van der Waals surface area (Å²) in [5, 5.41) is 6.64. The van der Waals surface area contributed by atoms with E-state index in [1.54, 1.807) is 19.4 Å². The maximum Gasteiger partial charge on any atom is 0.232 e. The van der Waals surface area contributed by atoms with Gasteiger partial charge >= 0.3 is 0 Å². The molecule has 0 aliphatic carbocycles. The van der Waals surface area contributed by atoms with Crippen molar-refractivity contribution in [1.29, 1.82) is 0 Å². The molecule has 2 aliphatic rings. The maximum atomic E-state index is 13.5. The van der Waals surface area contributed by atoms with E-state index in [1.165, 1.54) is 7.11 Å². The van der Waals surface area contributed by atoms with Gasteiger partial charge in [-0.05, 0) is 50.9 Å². The van der Waals surface area contributed by atoms with Crippen LogP contribution in [-0.2, 0) is 19.3 Å². The molecule has 0 bridgehead atoms. The van der Waals surface area contributed by atoms with Crippen LogP contribution in [0.2, 0.25) is 0 Å². The van der Waals surface area contributed by atoms with Crippen LogP contribution in [-0.4, -0.2) is 70.9 Å². The first kappa shape index (κ1) is 20.5. The summed E-state index contributed by atoms with van der Waals surface area (Å²) < 4.78 is 43.6. The SMILES string of the molecule is COCCNC1CC2(CCNCC2)OC1S(=O)(=O)c1cc(C)cnc1OC. The summed E-state index contributed by atoms with van der Waals surface area (Å²) in [6.07, 6.45) is 3.84. The lowest BCUT2D eigenvalue weighted by molar-refractivity contribution is -0.0342. The van der Waals surface area contributed by atoms with Crippen molar-refractivity contribution in [2.24, 2.45) is 0 Å². The highest BCUT2D eigenvalue weighted by atomic mass is 32.2. The van der Waals surface area contributed by atoms with E-state index in [2.05, 4.69) is 15.6 Å². The number of methoxy groups -OCH3 is 2. The molecular formula is C18H29N3O5S. The van der Waals surface area contributed by atoms with Crippen molar-refractivity contribution in [3.05, 3.63) is 17.8 Å². The summed E-state index contributed by atoms with van der Waals surface area (Å²) in [6, 6.07) is 1.29. The molecule has 0 radical (unpaired) electrons. The quantitative estimate of drug-likeness (QED) is 0.645. The zero-order valence-electron chi connectivity index (χ0n) is 16.2. The molecule has 2 N–H and O–H groups in total. The number of rotatable bonds is 7. The molecule has 0 amide bonds. The average molecular weight is 400 g/mol. The van der Waals surface area contributed by atoms with Gasteiger partial charge in [0, 0.05) is 19.9 Å². The highest BCUT2D eigenvalue weighted by Gasteiger charge is 2.52. The number of piperidine rings is 1. The van der Waals surface area contributed by atoms with E-state index in [1.807, 2.05) is 6.92 Å². The van der Waals surface area contributed by atoms with Crippen LogP contribution in [0, 0.1) is 6.92 Å². The normalized spacial score (nSPS) is 25.0. The number of pyridine rings is 1. The molecule has 2 fully saturated rings. The number of hydrogen-bond donors (Lipinski definition) is 2. The molecule has 8 nitrogen and oxygen atoms in total. The highest BCUT2D eigenvalue weighted by molar-refractivity contribution is 7.92. The lowest BCUT2D eigenvalue weighted by Crippen LogP contribution is -2.42. The number of nitrogens with one attached hydrogen (secondary N) is 2. The smallest absolute Gasteiger partial charge is 0.232 e. The third kappa shape index (κ3) is 4.27. The molecule has 0 aromatic carbocycles. The summed E-state index contributed by atoms with van der Waals surface area (Å²) in [7, 11) is -0.750. The minimum atomic E-state index is -3.80. The van der Waals surface area contributed by atoms with Gasteiger partial charge in [0.2, 0.25) is 15.7 Å². The van der Waals surface area contributed by atoms with Gasteiger partial charge in [0.1, 0.15) is 4.90 Å². The standard InChI is InChI=1S/C18H29N3O5S/c1-13-10-15(16(25-3)21-12-13)27(22,23)17-14(20-8-9-24-2)11-18(26-17)4-6-19-7-5-18/h10,12,14,17,19-20H,4-9,11H2,1-3H3. The van der Waals surface area contributed by atoms with E-state index in [0.29, 0.717) is 19.6 Å². The molecular weight excluding hydrogens is 370 g/mol. The van der Waals surface area contributed by atoms with Crippen LogP contribution in [0.15, 0.2) is 17.2 Å². The Balaban J connectivity index is 1.93. The summed E-state index contributed by atoms with van der Waals surface area (Å²) in [5.74, 6) is 0.103. The van der Waals surface area contributed by atoms with Crippen molar-refractivity contribution in [1.82, 2.24) is 15.6 Å². The predicted molar refractivity (Wildman–Crippen MR) is 101 cm³/mol. The Morgan fingerprint density at radius 1 is 1.37 bits per heavy atom. The Labute approximate surface area is 160 Å². The molecule has 2 saturated heterocycles. The van der Waals surface area contributed by atoms with Gasteiger partial charge in [-0.2, -0.15) is 0 Å². The maximum absolute atomic E-state index is 13.5. The molecule has 2 aliphatic heterocycles. The molecule has 3 heterocycles. The minimum absolute atomic E-state index is 0.0829. The van der Waals surface area contributed by atoms with Gasteiger partial charge in [0.25, 0.3) is 0 Å². The van der Waals surface area contributed by atoms with Crippen molar-refractivity contribution in [3.8, 4) is 5.88 Å². The van der Waals surface area contributed by atoms with Crippen molar-refractivity contribution in [3.63, 3.8) is 0 Å². The van der Waals surface area contributed by atoms with E-state index in [0.717, 1.165) is 31.5 Å². The lowest BCUT2D eigenvalue weighted by Gasteiger charge is -2.33. The summed E-state index contributed by atoms with van der Waals surface area (Å²) in [4.78, 5) is 4.21. The lowest BCUT2D eigenvalue weighted by atomic mass is 9.88. The Bertz CT molecular complexity index is 749. The highest BCUT2D eigenvalue weighted by Crippen LogP contribution is 2.42. The van der Waals surface area contributed by atoms with Gasteiger partial charge < -0.3 is 24.8 Å². The van der Waals surface area contributed by atoms with E-state index in [-0.39, 0.29) is 16.8 Å². The number of hydrogen-bond acceptors (Lipinski definition) is 8. The summed E-state index contributed by atoms with van der Waals surface area (Å²) in [5.41, 5.74) is -0.643. The van der Waals surface area contributed by atoms with Crippen molar-refractivity contribution in [2.45, 2.75) is 48.2 Å². The fourth-order valence-electron chi connectivity index (χ4n) is 3.88. The molecule has 1 aromatic heterocycles. The Morgan fingerprint density at radius 2 is 2.11 bits per heavy atom. The van der Waals surface area contributed by atoms with Gasteiger partial charge in [-0.15, -0.1) is 0 Å². The van der Waals surface area contributed by atoms with Crippen LogP contribution in [0.25, 0.3) is 0 Å². The van der Waals surface area contributed by atoms with Crippen molar-refractivity contribution < 1.29 is 22.6 Å². The second-order valence-electron chi connectivity index (χ2n) is 7.24. The van der Waals surface area contributed by atoms with Gasteiger partial charge in [-0.1, -0.05) is 0 Å². The second kappa shape index (κ2) is 8.40. The zero-order valence-corrected chi connectivity index (χ0v) is 17.0. The molecule has 3 rings (SSSR count). The Hall–Kier alpha value is -1.26. The fourth-order valence-corrected chi connectivity index (χ4v) is 5.82. The fraction of sp³-hybridized carbons (Fsp3) is 0.722. The molecule has 1 spiro atoms. The molecule has 152 valence electrons. The molecule has 2 unspecified atom stereocenters. The van der Waals surface area contributed by atoms with Crippen LogP contribution in [0.4, 0.5) is 0 Å². The summed E-state index contributed by atoms with van der Waals surface area (Å²) >= 11 is 0. The van der Waals surface area contributed by atoms with E-state index < -0.39 is 20.9 Å². The van der Waals surface area contributed by atoms with Gasteiger partial charge in [0.15, 0.2) is 5.44 Å². The predicted octanol–water partition coefficient (Wildman–Crippen LogP) is 0.646. The molecule has 0 saturated carbocycles. The number of aromatic nitrogens is 1. The number of nitrogens with zero attached hydrogens (tertiary/aromatic N) is 1. The van der Waals surface area contributed by atoms with Crippen molar-refractivity contribution >= 4 is 9.84 Å². The van der Waals surface area contributed by atoms with E-state index in [9.17, 15) is 8.42 Å². The largest absolute Gasteiger partial charge is 0.480 e. The second-order valence-corrected chi connectivity index (χ2v) is 9.24. The average Bonchev–Trinajstić information content (AvgIpc) is 3.01. The monoisotopic (exact) mass is 399 g/mol. The van der Waals surface area contributed by atoms with E-state index in [4.69, 9.17) is 14.2 Å². The van der Waals surface area contributed by atoms with Gasteiger partial charge in [-0.3, -0.25) is 0 Å². The van der Waals surface area contributed by atoms with Crippen LogP contribution in [0.3, 0.4) is 0 Å².